The summed E-state index contributed by atoms with van der Waals surface area (Å²) in [5, 5.41) is 4.30. The third-order valence-electron chi connectivity index (χ3n) is 5.07. The summed E-state index contributed by atoms with van der Waals surface area (Å²) in [6.45, 7) is 2.33. The highest BCUT2D eigenvalue weighted by Crippen LogP contribution is 2.44. The van der Waals surface area contributed by atoms with E-state index in [1.807, 2.05) is 11.7 Å². The first-order valence-corrected chi connectivity index (χ1v) is 7.41. The molecule has 1 atom stereocenters. The average Bonchev–Trinajstić information content (AvgIpc) is 2.79. The summed E-state index contributed by atoms with van der Waals surface area (Å²) in [4.78, 5) is 2.30. The Morgan fingerprint density at radius 1 is 1.45 bits per heavy atom. The Morgan fingerprint density at radius 2 is 2.05 bits per heavy atom. The molecule has 20 heavy (non-hydrogen) atoms. The fourth-order valence-corrected chi connectivity index (χ4v) is 3.49. The van der Waals surface area contributed by atoms with Crippen LogP contribution in [0.25, 0.3) is 0 Å². The quantitative estimate of drug-likeness (QED) is 0.916. The smallest absolute Gasteiger partial charge is 0.161 e. The summed E-state index contributed by atoms with van der Waals surface area (Å²) >= 11 is 0. The number of likely N-dealkylation sites (N-methyl/N-ethyl adjacent to an activating group) is 1. The SMILES string of the molecule is COc1cnn(C)c1C(N)C1(N(C)C)CCC(C)CC1. The third-order valence-corrected chi connectivity index (χ3v) is 5.07. The predicted octanol–water partition coefficient (Wildman–Crippen LogP) is 1.94. The van der Waals surface area contributed by atoms with Crippen LogP contribution in [0.2, 0.25) is 0 Å². The van der Waals surface area contributed by atoms with E-state index in [-0.39, 0.29) is 11.6 Å². The molecule has 5 nitrogen and oxygen atoms in total. The molecule has 0 radical (unpaired) electrons. The first-order chi connectivity index (χ1) is 9.42. The maximum Gasteiger partial charge on any atom is 0.161 e. The van der Waals surface area contributed by atoms with Gasteiger partial charge in [0.15, 0.2) is 5.75 Å². The van der Waals surface area contributed by atoms with Crippen LogP contribution in [-0.4, -0.2) is 41.4 Å². The van der Waals surface area contributed by atoms with Crippen molar-refractivity contribution in [2.45, 2.75) is 44.2 Å². The minimum absolute atomic E-state index is 0.00637. The van der Waals surface area contributed by atoms with Crippen molar-refractivity contribution in [1.29, 1.82) is 0 Å². The van der Waals surface area contributed by atoms with Gasteiger partial charge in [-0.1, -0.05) is 6.92 Å². The Labute approximate surface area is 122 Å². The number of hydrogen-bond donors (Lipinski definition) is 1. The van der Waals surface area contributed by atoms with Crippen LogP contribution < -0.4 is 10.5 Å². The monoisotopic (exact) mass is 280 g/mol. The van der Waals surface area contributed by atoms with Crippen molar-refractivity contribution in [1.82, 2.24) is 14.7 Å². The van der Waals surface area contributed by atoms with Gasteiger partial charge in [-0.3, -0.25) is 4.68 Å². The molecule has 114 valence electrons. The minimum atomic E-state index is -0.0903. The molecular formula is C15H28N4O. The summed E-state index contributed by atoms with van der Waals surface area (Å²) in [7, 11) is 7.89. The van der Waals surface area contributed by atoms with Crippen LogP contribution >= 0.6 is 0 Å². The number of aryl methyl sites for hydroxylation is 1. The highest BCUT2D eigenvalue weighted by Gasteiger charge is 2.44. The van der Waals surface area contributed by atoms with Crippen molar-refractivity contribution in [3.8, 4) is 5.75 Å². The maximum absolute atomic E-state index is 6.69. The lowest BCUT2D eigenvalue weighted by Crippen LogP contribution is -2.54. The van der Waals surface area contributed by atoms with E-state index in [1.54, 1.807) is 13.3 Å². The molecule has 2 rings (SSSR count). The maximum atomic E-state index is 6.69. The zero-order chi connectivity index (χ0) is 14.9. The predicted molar refractivity (Wildman–Crippen MR) is 80.7 cm³/mol. The van der Waals surface area contributed by atoms with Crippen LogP contribution in [0.15, 0.2) is 6.20 Å². The van der Waals surface area contributed by atoms with Gasteiger partial charge in [0.25, 0.3) is 0 Å². The van der Waals surface area contributed by atoms with Crippen LogP contribution in [0, 0.1) is 5.92 Å². The van der Waals surface area contributed by atoms with Crippen molar-refractivity contribution in [2.24, 2.45) is 18.7 Å². The van der Waals surface area contributed by atoms with Crippen molar-refractivity contribution in [3.63, 3.8) is 0 Å². The molecule has 2 N–H and O–H groups in total. The number of methoxy groups -OCH3 is 1. The molecule has 0 amide bonds. The Balaban J connectivity index is 2.36. The summed E-state index contributed by atoms with van der Waals surface area (Å²) in [6, 6.07) is -0.0903. The zero-order valence-corrected chi connectivity index (χ0v) is 13.4. The van der Waals surface area contributed by atoms with Gasteiger partial charge >= 0.3 is 0 Å². The number of ether oxygens (including phenoxy) is 1. The molecule has 0 bridgehead atoms. The topological polar surface area (TPSA) is 56.3 Å². The molecule has 1 heterocycles. The number of rotatable bonds is 4. The van der Waals surface area contributed by atoms with Gasteiger partial charge in [0.05, 0.1) is 25.0 Å². The van der Waals surface area contributed by atoms with Crippen molar-refractivity contribution in [3.05, 3.63) is 11.9 Å². The van der Waals surface area contributed by atoms with Crippen molar-refractivity contribution < 1.29 is 4.74 Å². The second-order valence-corrected chi connectivity index (χ2v) is 6.38. The summed E-state index contributed by atoms with van der Waals surface area (Å²) in [6.07, 6.45) is 6.45. The van der Waals surface area contributed by atoms with Crippen molar-refractivity contribution in [2.75, 3.05) is 21.2 Å². The molecule has 0 saturated heterocycles. The van der Waals surface area contributed by atoms with E-state index >= 15 is 0 Å². The zero-order valence-electron chi connectivity index (χ0n) is 13.4. The van der Waals surface area contributed by atoms with E-state index < -0.39 is 0 Å². The van der Waals surface area contributed by atoms with Crippen LogP contribution in [0.3, 0.4) is 0 Å². The molecule has 0 spiro atoms. The standard InChI is InChI=1S/C15H28N4O/c1-11-6-8-15(9-7-11,18(2)3)14(16)13-12(20-5)10-17-19(13)4/h10-11,14H,6-9,16H2,1-5H3. The molecule has 1 aliphatic carbocycles. The van der Waals surface area contributed by atoms with E-state index in [1.165, 1.54) is 12.8 Å². The average molecular weight is 280 g/mol. The van der Waals surface area contributed by atoms with E-state index in [0.29, 0.717) is 0 Å². The number of nitrogens with two attached hydrogens (primary N) is 1. The fourth-order valence-electron chi connectivity index (χ4n) is 3.49. The lowest BCUT2D eigenvalue weighted by atomic mass is 9.71. The van der Waals surface area contributed by atoms with Crippen molar-refractivity contribution >= 4 is 0 Å². The van der Waals surface area contributed by atoms with E-state index in [0.717, 1.165) is 30.2 Å². The van der Waals surface area contributed by atoms with Crippen LogP contribution in [0.5, 0.6) is 5.75 Å². The van der Waals surface area contributed by atoms with Gasteiger partial charge in [-0.15, -0.1) is 0 Å². The van der Waals surface area contributed by atoms with Gasteiger partial charge in [-0.05, 0) is 45.7 Å². The fraction of sp³-hybridized carbons (Fsp3) is 0.800. The Kier molecular flexibility index (Phi) is 4.39. The van der Waals surface area contributed by atoms with Gasteiger partial charge in [0.2, 0.25) is 0 Å². The molecule has 5 heteroatoms. The Morgan fingerprint density at radius 3 is 2.55 bits per heavy atom. The highest BCUT2D eigenvalue weighted by atomic mass is 16.5. The summed E-state index contributed by atoms with van der Waals surface area (Å²) in [5.41, 5.74) is 7.68. The normalized spacial score (nSPS) is 28.6. The second-order valence-electron chi connectivity index (χ2n) is 6.38. The van der Waals surface area contributed by atoms with Gasteiger partial charge in [-0.2, -0.15) is 5.10 Å². The van der Waals surface area contributed by atoms with Crippen LogP contribution in [-0.2, 0) is 7.05 Å². The number of hydrogen-bond acceptors (Lipinski definition) is 4. The molecule has 1 unspecified atom stereocenters. The first kappa shape index (κ1) is 15.3. The Hall–Kier alpha value is -1.07. The molecule has 0 aliphatic heterocycles. The van der Waals surface area contributed by atoms with Gasteiger partial charge in [-0.25, -0.2) is 0 Å². The van der Waals surface area contributed by atoms with E-state index in [9.17, 15) is 0 Å². The van der Waals surface area contributed by atoms with Gasteiger partial charge in [0.1, 0.15) is 0 Å². The van der Waals surface area contributed by atoms with Gasteiger partial charge in [0, 0.05) is 12.6 Å². The molecule has 0 aromatic carbocycles. The van der Waals surface area contributed by atoms with E-state index in [4.69, 9.17) is 10.5 Å². The molecule has 1 aliphatic rings. The molecule has 1 saturated carbocycles. The molecular weight excluding hydrogens is 252 g/mol. The number of aromatic nitrogens is 2. The first-order valence-electron chi connectivity index (χ1n) is 7.41. The molecule has 1 aromatic rings. The van der Waals surface area contributed by atoms with Crippen LogP contribution in [0.4, 0.5) is 0 Å². The summed E-state index contributed by atoms with van der Waals surface area (Å²) < 4.78 is 7.30. The highest BCUT2D eigenvalue weighted by molar-refractivity contribution is 5.31. The minimum Gasteiger partial charge on any atom is -0.493 e. The third kappa shape index (κ3) is 2.44. The lowest BCUT2D eigenvalue weighted by Gasteiger charge is -2.48. The largest absolute Gasteiger partial charge is 0.493 e. The van der Waals surface area contributed by atoms with Gasteiger partial charge < -0.3 is 15.4 Å². The molecule has 1 fully saturated rings. The number of nitrogens with zero attached hydrogens (tertiary/aromatic N) is 3. The summed E-state index contributed by atoms with van der Waals surface area (Å²) in [5.74, 6) is 1.59. The van der Waals surface area contributed by atoms with Crippen LogP contribution in [0.1, 0.15) is 44.3 Å². The second kappa shape index (κ2) is 5.74. The van der Waals surface area contributed by atoms with E-state index in [2.05, 4.69) is 31.0 Å². The Bertz CT molecular complexity index is 447. The molecule has 1 aromatic heterocycles. The lowest BCUT2D eigenvalue weighted by molar-refractivity contribution is 0.0531.